The maximum Gasteiger partial charge on any atom is 0.337 e. The monoisotopic (exact) mass is 449 g/mol. The molecule has 1 aliphatic carbocycles. The molecule has 2 N–H and O–H groups in total. The fourth-order valence-electron chi connectivity index (χ4n) is 4.67. The van der Waals surface area contributed by atoms with E-state index in [0.717, 1.165) is 55.3 Å². The molecule has 0 aromatic carbocycles. The van der Waals surface area contributed by atoms with Gasteiger partial charge in [0, 0.05) is 29.7 Å². The Labute approximate surface area is 193 Å². The van der Waals surface area contributed by atoms with E-state index < -0.39 is 5.97 Å². The second-order valence-electron chi connectivity index (χ2n) is 8.93. The fraction of sp³-hybridized carbons (Fsp3) is 0.480. The molecule has 4 rings (SSSR count). The van der Waals surface area contributed by atoms with Gasteiger partial charge in [-0.3, -0.25) is 4.79 Å². The van der Waals surface area contributed by atoms with Crippen LogP contribution in [-0.4, -0.2) is 36.4 Å². The van der Waals surface area contributed by atoms with Crippen LogP contribution in [0.5, 0.6) is 0 Å². The molecule has 8 nitrogen and oxygen atoms in total. The van der Waals surface area contributed by atoms with Gasteiger partial charge in [0.15, 0.2) is 5.78 Å². The first-order valence-electron chi connectivity index (χ1n) is 11.9. The molecule has 33 heavy (non-hydrogen) atoms. The van der Waals surface area contributed by atoms with Crippen LogP contribution in [0.25, 0.3) is 11.0 Å². The van der Waals surface area contributed by atoms with E-state index in [1.807, 2.05) is 13.0 Å². The molecule has 174 valence electrons. The summed E-state index contributed by atoms with van der Waals surface area (Å²) in [5, 5.41) is 13.0. The van der Waals surface area contributed by atoms with Crippen LogP contribution in [0.3, 0.4) is 0 Å². The first-order chi connectivity index (χ1) is 16.0. The van der Waals surface area contributed by atoms with E-state index in [9.17, 15) is 9.59 Å². The summed E-state index contributed by atoms with van der Waals surface area (Å²) in [4.78, 5) is 37.8. The van der Waals surface area contributed by atoms with Crippen molar-refractivity contribution < 1.29 is 14.7 Å². The third-order valence-corrected chi connectivity index (χ3v) is 6.44. The molecule has 3 heterocycles. The van der Waals surface area contributed by atoms with Crippen molar-refractivity contribution in [2.45, 2.75) is 71.3 Å². The topological polar surface area (TPSA) is 110 Å². The van der Waals surface area contributed by atoms with Crippen molar-refractivity contribution in [1.82, 2.24) is 19.5 Å². The number of anilines is 2. The standard InChI is InChI=1S/C25H31N5O3/c1-3-8-16(2)22(31)20-13-18-15-27-25(28-21-12-11-17(14-26-21)24(32)33)29-23(18)30(20)19-9-6-4-5-7-10-19/h11-16,19H,3-10H2,1-2H3,(H,32,33)(H,26,27,28,29). The van der Waals surface area contributed by atoms with E-state index >= 15 is 0 Å². The van der Waals surface area contributed by atoms with Crippen molar-refractivity contribution in [3.05, 3.63) is 41.9 Å². The number of carboxylic acids is 1. The minimum absolute atomic E-state index is 0.0358. The lowest BCUT2D eigenvalue weighted by atomic mass is 9.98. The lowest BCUT2D eigenvalue weighted by molar-refractivity contribution is 0.0696. The highest BCUT2D eigenvalue weighted by atomic mass is 16.4. The van der Waals surface area contributed by atoms with Gasteiger partial charge in [-0.1, -0.05) is 46.0 Å². The van der Waals surface area contributed by atoms with Crippen molar-refractivity contribution in [3.8, 4) is 0 Å². The third kappa shape index (κ3) is 5.05. The van der Waals surface area contributed by atoms with Crippen molar-refractivity contribution >= 4 is 34.6 Å². The lowest BCUT2D eigenvalue weighted by Gasteiger charge is -2.21. The number of hydrogen-bond donors (Lipinski definition) is 2. The number of carbonyl (C=O) groups excluding carboxylic acids is 1. The van der Waals surface area contributed by atoms with Gasteiger partial charge in [0.2, 0.25) is 5.95 Å². The molecular formula is C25H31N5O3. The number of nitrogens with zero attached hydrogens (tertiary/aromatic N) is 4. The van der Waals surface area contributed by atoms with Gasteiger partial charge in [0.1, 0.15) is 11.5 Å². The number of aromatic carboxylic acids is 1. The summed E-state index contributed by atoms with van der Waals surface area (Å²) >= 11 is 0. The number of hydrogen-bond acceptors (Lipinski definition) is 6. The van der Waals surface area contributed by atoms with Gasteiger partial charge in [-0.15, -0.1) is 0 Å². The highest BCUT2D eigenvalue weighted by Crippen LogP contribution is 2.34. The Morgan fingerprint density at radius 1 is 1.15 bits per heavy atom. The van der Waals surface area contributed by atoms with Crippen LogP contribution >= 0.6 is 0 Å². The number of nitrogens with one attached hydrogen (secondary N) is 1. The molecule has 3 aromatic heterocycles. The van der Waals surface area contributed by atoms with Crippen LogP contribution in [-0.2, 0) is 0 Å². The van der Waals surface area contributed by atoms with Gasteiger partial charge in [-0.2, -0.15) is 4.98 Å². The number of pyridine rings is 1. The second-order valence-corrected chi connectivity index (χ2v) is 8.93. The second kappa shape index (κ2) is 10.1. The highest BCUT2D eigenvalue weighted by Gasteiger charge is 2.26. The molecule has 1 aliphatic rings. The van der Waals surface area contributed by atoms with Gasteiger partial charge < -0.3 is 15.0 Å². The van der Waals surface area contributed by atoms with Crippen LogP contribution < -0.4 is 5.32 Å². The van der Waals surface area contributed by atoms with E-state index in [4.69, 9.17) is 10.1 Å². The Morgan fingerprint density at radius 3 is 2.55 bits per heavy atom. The van der Waals surface area contributed by atoms with Gasteiger partial charge >= 0.3 is 5.97 Å². The smallest absolute Gasteiger partial charge is 0.337 e. The first-order valence-corrected chi connectivity index (χ1v) is 11.9. The molecule has 3 aromatic rings. The number of carboxylic acid groups (broad SMARTS) is 1. The van der Waals surface area contributed by atoms with Crippen molar-refractivity contribution in [1.29, 1.82) is 0 Å². The number of Topliss-reactive ketones (excluding diaryl/α,β-unsaturated/α-hetero) is 1. The molecule has 0 bridgehead atoms. The SMILES string of the molecule is CCCC(C)C(=O)c1cc2cnc(Nc3ccc(C(=O)O)cn3)nc2n1C1CCCCCC1. The summed E-state index contributed by atoms with van der Waals surface area (Å²) in [6.45, 7) is 4.11. The van der Waals surface area contributed by atoms with Gasteiger partial charge in [0.05, 0.1) is 11.3 Å². The zero-order valence-electron chi connectivity index (χ0n) is 19.3. The number of aromatic nitrogens is 4. The Morgan fingerprint density at radius 2 is 1.91 bits per heavy atom. The fourth-order valence-corrected chi connectivity index (χ4v) is 4.67. The summed E-state index contributed by atoms with van der Waals surface area (Å²) in [6.07, 6.45) is 11.7. The molecular weight excluding hydrogens is 418 g/mol. The van der Waals surface area contributed by atoms with E-state index in [0.29, 0.717) is 11.8 Å². The predicted octanol–water partition coefficient (Wildman–Crippen LogP) is 5.78. The maximum absolute atomic E-state index is 13.4. The Bertz CT molecular complexity index is 1130. The normalized spacial score (nSPS) is 15.8. The summed E-state index contributed by atoms with van der Waals surface area (Å²) in [5.41, 5.74) is 1.60. The minimum atomic E-state index is -1.03. The third-order valence-electron chi connectivity index (χ3n) is 6.44. The Hall–Kier alpha value is -3.29. The molecule has 1 fully saturated rings. The van der Waals surface area contributed by atoms with Crippen LogP contribution in [0.1, 0.15) is 92.1 Å². The molecule has 0 aliphatic heterocycles. The van der Waals surface area contributed by atoms with E-state index in [1.165, 1.54) is 25.1 Å². The summed E-state index contributed by atoms with van der Waals surface area (Å²) in [7, 11) is 0. The largest absolute Gasteiger partial charge is 0.478 e. The predicted molar refractivity (Wildman–Crippen MR) is 127 cm³/mol. The summed E-state index contributed by atoms with van der Waals surface area (Å²) in [6, 6.07) is 5.26. The molecule has 0 spiro atoms. The zero-order valence-corrected chi connectivity index (χ0v) is 19.3. The van der Waals surface area contributed by atoms with Crippen molar-refractivity contribution in [3.63, 3.8) is 0 Å². The average molecular weight is 450 g/mol. The maximum atomic E-state index is 13.4. The zero-order chi connectivity index (χ0) is 23.4. The van der Waals surface area contributed by atoms with E-state index in [1.54, 1.807) is 12.3 Å². The minimum Gasteiger partial charge on any atom is -0.478 e. The molecule has 0 saturated heterocycles. The number of carbonyl (C=O) groups is 2. The van der Waals surface area contributed by atoms with Gasteiger partial charge in [0.25, 0.3) is 0 Å². The van der Waals surface area contributed by atoms with Crippen molar-refractivity contribution in [2.24, 2.45) is 5.92 Å². The average Bonchev–Trinajstić information content (AvgIpc) is 2.98. The molecule has 0 radical (unpaired) electrons. The Kier molecular flexibility index (Phi) is 7.01. The van der Waals surface area contributed by atoms with E-state index in [-0.39, 0.29) is 23.3 Å². The van der Waals surface area contributed by atoms with Crippen LogP contribution in [0.15, 0.2) is 30.6 Å². The highest BCUT2D eigenvalue weighted by molar-refractivity contribution is 6.00. The number of rotatable bonds is 8. The first kappa shape index (κ1) is 22.9. The van der Waals surface area contributed by atoms with E-state index in [2.05, 4.69) is 26.8 Å². The van der Waals surface area contributed by atoms with Crippen LogP contribution in [0, 0.1) is 5.92 Å². The van der Waals surface area contributed by atoms with Crippen molar-refractivity contribution in [2.75, 3.05) is 5.32 Å². The number of fused-ring (bicyclic) bond motifs is 1. The quantitative estimate of drug-likeness (QED) is 0.331. The van der Waals surface area contributed by atoms with Gasteiger partial charge in [-0.25, -0.2) is 14.8 Å². The molecule has 1 saturated carbocycles. The molecule has 1 unspecified atom stereocenters. The van der Waals surface area contributed by atoms with Crippen LogP contribution in [0.2, 0.25) is 0 Å². The van der Waals surface area contributed by atoms with Crippen LogP contribution in [0.4, 0.5) is 11.8 Å². The van der Waals surface area contributed by atoms with Gasteiger partial charge in [-0.05, 0) is 37.5 Å². The molecule has 0 amide bonds. The number of ketones is 1. The lowest BCUT2D eigenvalue weighted by Crippen LogP contribution is -2.20. The summed E-state index contributed by atoms with van der Waals surface area (Å²) in [5.74, 6) is -0.0697. The molecule has 1 atom stereocenters. The molecule has 8 heteroatoms. The summed E-state index contributed by atoms with van der Waals surface area (Å²) < 4.78 is 2.16. The Balaban J connectivity index is 1.73.